The molecular formula is C27H40N4O4. The molecule has 0 bridgehead atoms. The van der Waals surface area contributed by atoms with Crippen molar-refractivity contribution in [1.29, 1.82) is 0 Å². The Bertz CT molecular complexity index is 1060. The molecule has 0 spiro atoms. The summed E-state index contributed by atoms with van der Waals surface area (Å²) in [4.78, 5) is 27.8. The van der Waals surface area contributed by atoms with Crippen LogP contribution in [0.3, 0.4) is 0 Å². The molecule has 8 heteroatoms. The summed E-state index contributed by atoms with van der Waals surface area (Å²) in [5, 5.41) is 8.06. The largest absolute Gasteiger partial charge is 0.444 e. The third kappa shape index (κ3) is 5.97. The molecule has 0 atom stereocenters. The molecule has 2 aromatic rings. The third-order valence-electron chi connectivity index (χ3n) is 7.06. The number of hydrogen-bond acceptors (Lipinski definition) is 5. The highest BCUT2D eigenvalue weighted by molar-refractivity contribution is 5.98. The summed E-state index contributed by atoms with van der Waals surface area (Å²) < 4.78 is 13.1. The van der Waals surface area contributed by atoms with Gasteiger partial charge in [-0.15, -0.1) is 0 Å². The Balaban J connectivity index is 1.51. The molecule has 2 aliphatic rings. The topological polar surface area (TPSA) is 85.2 Å². The Labute approximate surface area is 208 Å². The number of likely N-dealkylation sites (tertiary alicyclic amines) is 1. The van der Waals surface area contributed by atoms with Crippen LogP contribution >= 0.6 is 0 Å². The molecule has 2 saturated heterocycles. The molecule has 0 aliphatic carbocycles. The van der Waals surface area contributed by atoms with Crippen LogP contribution in [0.2, 0.25) is 0 Å². The number of rotatable bonds is 5. The number of aromatic nitrogens is 2. The smallest absolute Gasteiger partial charge is 0.410 e. The summed E-state index contributed by atoms with van der Waals surface area (Å²) in [7, 11) is 0. The van der Waals surface area contributed by atoms with Gasteiger partial charge >= 0.3 is 6.09 Å². The average Bonchev–Trinajstić information content (AvgIpc) is 3.21. The lowest BCUT2D eigenvalue weighted by atomic mass is 9.89. The lowest BCUT2D eigenvalue weighted by Crippen LogP contribution is -2.48. The Hall–Kier alpha value is -2.61. The minimum atomic E-state index is -0.511. The molecule has 0 unspecified atom stereocenters. The fourth-order valence-electron chi connectivity index (χ4n) is 5.17. The average molecular weight is 485 g/mol. The highest BCUT2D eigenvalue weighted by Gasteiger charge is 2.30. The van der Waals surface area contributed by atoms with Gasteiger partial charge in [0.05, 0.1) is 16.8 Å². The van der Waals surface area contributed by atoms with Crippen LogP contribution in [0.25, 0.3) is 5.52 Å². The second-order valence-electron chi connectivity index (χ2n) is 10.9. The molecule has 0 saturated carbocycles. The Morgan fingerprint density at radius 2 is 1.83 bits per heavy atom. The zero-order valence-corrected chi connectivity index (χ0v) is 21.9. The second kappa shape index (κ2) is 10.6. The van der Waals surface area contributed by atoms with Crippen LogP contribution in [0.15, 0.2) is 12.1 Å². The van der Waals surface area contributed by atoms with E-state index in [9.17, 15) is 9.59 Å². The van der Waals surface area contributed by atoms with E-state index in [0.29, 0.717) is 37.4 Å². The number of nitrogens with one attached hydrogen (secondary N) is 1. The van der Waals surface area contributed by atoms with Crippen molar-refractivity contribution >= 4 is 17.5 Å². The molecular weight excluding hydrogens is 444 g/mol. The lowest BCUT2D eigenvalue weighted by molar-refractivity contribution is 0.0199. The van der Waals surface area contributed by atoms with E-state index in [1.54, 1.807) is 4.90 Å². The zero-order valence-electron chi connectivity index (χ0n) is 21.9. The molecule has 2 aliphatic heterocycles. The molecule has 0 radical (unpaired) electrons. The number of carbonyl (C=O) groups is 2. The molecule has 0 aromatic carbocycles. The maximum Gasteiger partial charge on any atom is 0.410 e. The maximum atomic E-state index is 13.6. The van der Waals surface area contributed by atoms with Crippen molar-refractivity contribution in [3.63, 3.8) is 0 Å². The van der Waals surface area contributed by atoms with Crippen LogP contribution in [-0.2, 0) is 22.3 Å². The number of hydrogen-bond donors (Lipinski definition) is 1. The van der Waals surface area contributed by atoms with Crippen molar-refractivity contribution in [1.82, 2.24) is 19.8 Å². The summed E-state index contributed by atoms with van der Waals surface area (Å²) in [6.07, 6.45) is 4.90. The molecule has 8 nitrogen and oxygen atoms in total. The van der Waals surface area contributed by atoms with Crippen LogP contribution in [0.4, 0.5) is 4.79 Å². The third-order valence-corrected chi connectivity index (χ3v) is 7.06. The van der Waals surface area contributed by atoms with E-state index in [2.05, 4.69) is 24.4 Å². The van der Waals surface area contributed by atoms with Gasteiger partial charge in [-0.3, -0.25) is 4.79 Å². The molecule has 4 rings (SSSR count). The van der Waals surface area contributed by atoms with Gasteiger partial charge in [-0.2, -0.15) is 5.10 Å². The number of fused-ring (bicyclic) bond motifs is 1. The normalized spacial score (nSPS) is 18.1. The second-order valence-corrected chi connectivity index (χ2v) is 10.9. The molecule has 1 N–H and O–H groups in total. The minimum absolute atomic E-state index is 0.0192. The van der Waals surface area contributed by atoms with Crippen molar-refractivity contribution in [3.8, 4) is 0 Å². The molecule has 2 fully saturated rings. The Morgan fingerprint density at radius 1 is 1.14 bits per heavy atom. The van der Waals surface area contributed by atoms with Gasteiger partial charge in [0.1, 0.15) is 5.60 Å². The number of ether oxygens (including phenoxy) is 2. The van der Waals surface area contributed by atoms with Crippen molar-refractivity contribution in [2.45, 2.75) is 84.8 Å². The van der Waals surface area contributed by atoms with Crippen LogP contribution in [0.5, 0.6) is 0 Å². The van der Waals surface area contributed by atoms with E-state index in [1.165, 1.54) is 0 Å². The molecule has 2 amide bonds. The summed E-state index contributed by atoms with van der Waals surface area (Å²) >= 11 is 0. The van der Waals surface area contributed by atoms with E-state index >= 15 is 0 Å². The van der Waals surface area contributed by atoms with Crippen LogP contribution < -0.4 is 5.32 Å². The maximum absolute atomic E-state index is 13.6. The summed E-state index contributed by atoms with van der Waals surface area (Å²) in [5.41, 5.74) is 4.23. The fourth-order valence-corrected chi connectivity index (χ4v) is 5.17. The van der Waals surface area contributed by atoms with E-state index < -0.39 is 5.60 Å². The fraction of sp³-hybridized carbons (Fsp3) is 0.667. The predicted molar refractivity (Wildman–Crippen MR) is 135 cm³/mol. The van der Waals surface area contributed by atoms with Crippen molar-refractivity contribution in [2.75, 3.05) is 26.3 Å². The number of amides is 2. The predicted octanol–water partition coefficient (Wildman–Crippen LogP) is 4.30. The highest BCUT2D eigenvalue weighted by atomic mass is 16.6. The van der Waals surface area contributed by atoms with E-state index in [1.807, 2.05) is 32.2 Å². The van der Waals surface area contributed by atoms with Gasteiger partial charge in [0.15, 0.2) is 0 Å². The summed E-state index contributed by atoms with van der Waals surface area (Å²) in [6.45, 7) is 12.4. The van der Waals surface area contributed by atoms with Gasteiger partial charge in [0, 0.05) is 38.0 Å². The first-order chi connectivity index (χ1) is 16.7. The molecule has 35 heavy (non-hydrogen) atoms. The Morgan fingerprint density at radius 3 is 2.46 bits per heavy atom. The van der Waals surface area contributed by atoms with Gasteiger partial charge in [-0.1, -0.05) is 6.92 Å². The summed E-state index contributed by atoms with van der Waals surface area (Å²) in [5.74, 6) is 0.437. The van der Waals surface area contributed by atoms with Crippen LogP contribution in [0, 0.1) is 12.8 Å². The number of piperidine rings is 1. The van der Waals surface area contributed by atoms with E-state index in [-0.39, 0.29) is 18.0 Å². The van der Waals surface area contributed by atoms with Crippen LogP contribution in [0.1, 0.15) is 80.7 Å². The van der Waals surface area contributed by atoms with Gasteiger partial charge in [0.25, 0.3) is 5.91 Å². The quantitative estimate of drug-likeness (QED) is 0.684. The standard InChI is InChI=1S/C27H40N4O4/c1-6-21-7-8-23-22(17-19-11-15-34-16-12-19)24(18(2)29-31(21)23)25(32)28-20-9-13-30(14-10-20)26(33)35-27(3,4)5/h7-8,19-20H,6,9-17H2,1-5H3,(H,28,32). The van der Waals surface area contributed by atoms with Crippen LogP contribution in [-0.4, -0.2) is 64.5 Å². The van der Waals surface area contributed by atoms with Gasteiger partial charge in [-0.05, 0) is 89.8 Å². The monoisotopic (exact) mass is 484 g/mol. The first kappa shape index (κ1) is 25.5. The number of nitrogens with zero attached hydrogens (tertiary/aromatic N) is 3. The van der Waals surface area contributed by atoms with E-state index in [0.717, 1.165) is 61.4 Å². The van der Waals surface area contributed by atoms with Gasteiger partial charge in [0.2, 0.25) is 0 Å². The lowest BCUT2D eigenvalue weighted by Gasteiger charge is -2.34. The molecule has 4 heterocycles. The van der Waals surface area contributed by atoms with Crippen molar-refractivity contribution < 1.29 is 19.1 Å². The van der Waals surface area contributed by atoms with Crippen molar-refractivity contribution in [2.24, 2.45) is 5.92 Å². The molecule has 192 valence electrons. The number of aryl methyl sites for hydroxylation is 2. The van der Waals surface area contributed by atoms with Gasteiger partial charge < -0.3 is 19.7 Å². The Kier molecular flexibility index (Phi) is 7.69. The summed E-state index contributed by atoms with van der Waals surface area (Å²) in [6, 6.07) is 4.24. The first-order valence-corrected chi connectivity index (χ1v) is 13.0. The number of carbonyl (C=O) groups excluding carboxylic acids is 2. The molecule has 2 aromatic heterocycles. The van der Waals surface area contributed by atoms with Gasteiger partial charge in [-0.25, -0.2) is 9.31 Å². The zero-order chi connectivity index (χ0) is 25.2. The van der Waals surface area contributed by atoms with E-state index in [4.69, 9.17) is 14.6 Å². The highest BCUT2D eigenvalue weighted by Crippen LogP contribution is 2.28. The van der Waals surface area contributed by atoms with Crippen molar-refractivity contribution in [3.05, 3.63) is 34.6 Å². The SMILES string of the molecule is CCc1ccc2c(CC3CCOCC3)c(C(=O)NC3CCN(C(=O)OC(C)(C)C)CC3)c(C)nn12. The first-order valence-electron chi connectivity index (χ1n) is 13.0. The minimum Gasteiger partial charge on any atom is -0.444 e.